The standard InChI is InChI=1S/C13H20N4/c1-6-10-15-11(8(2)3)12-13(16-10)17(7-14-12)9(4)5/h7-9H,6H2,1-5H3. The topological polar surface area (TPSA) is 43.6 Å². The van der Waals surface area contributed by atoms with Crippen LogP contribution < -0.4 is 0 Å². The van der Waals surface area contributed by atoms with Crippen molar-refractivity contribution in [2.75, 3.05) is 0 Å². The second kappa shape index (κ2) is 4.43. The molecular weight excluding hydrogens is 212 g/mol. The van der Waals surface area contributed by atoms with Crippen LogP contribution in [0.4, 0.5) is 0 Å². The Morgan fingerprint density at radius 3 is 2.41 bits per heavy atom. The van der Waals surface area contributed by atoms with Crippen LogP contribution in [0.3, 0.4) is 0 Å². The molecule has 2 rings (SSSR count). The highest BCUT2D eigenvalue weighted by Crippen LogP contribution is 2.23. The van der Waals surface area contributed by atoms with E-state index in [0.717, 1.165) is 29.1 Å². The van der Waals surface area contributed by atoms with Crippen LogP contribution in [0.25, 0.3) is 11.2 Å². The largest absolute Gasteiger partial charge is 0.313 e. The molecule has 4 heteroatoms. The van der Waals surface area contributed by atoms with E-state index < -0.39 is 0 Å². The molecule has 0 aromatic carbocycles. The first-order valence-corrected chi connectivity index (χ1v) is 6.27. The predicted octanol–water partition coefficient (Wildman–Crippen LogP) is 3.09. The van der Waals surface area contributed by atoms with E-state index in [1.165, 1.54) is 0 Å². The lowest BCUT2D eigenvalue weighted by Gasteiger charge is -2.10. The molecule has 0 atom stereocenters. The summed E-state index contributed by atoms with van der Waals surface area (Å²) < 4.78 is 2.11. The minimum Gasteiger partial charge on any atom is -0.313 e. The number of hydrogen-bond donors (Lipinski definition) is 0. The van der Waals surface area contributed by atoms with Gasteiger partial charge in [-0.05, 0) is 19.8 Å². The Labute approximate surface area is 102 Å². The fourth-order valence-electron chi connectivity index (χ4n) is 1.92. The summed E-state index contributed by atoms with van der Waals surface area (Å²) in [4.78, 5) is 13.7. The molecule has 0 amide bonds. The zero-order chi connectivity index (χ0) is 12.6. The van der Waals surface area contributed by atoms with Crippen molar-refractivity contribution < 1.29 is 0 Å². The fraction of sp³-hybridized carbons (Fsp3) is 0.615. The van der Waals surface area contributed by atoms with Gasteiger partial charge >= 0.3 is 0 Å². The third-order valence-corrected chi connectivity index (χ3v) is 2.91. The number of aromatic nitrogens is 4. The summed E-state index contributed by atoms with van der Waals surface area (Å²) in [6, 6.07) is 0.375. The second-order valence-corrected chi connectivity index (χ2v) is 4.95. The van der Waals surface area contributed by atoms with E-state index in [2.05, 4.69) is 54.1 Å². The maximum absolute atomic E-state index is 4.61. The summed E-state index contributed by atoms with van der Waals surface area (Å²) in [5, 5.41) is 0. The maximum Gasteiger partial charge on any atom is 0.164 e. The van der Waals surface area contributed by atoms with Crippen molar-refractivity contribution in [3.8, 4) is 0 Å². The average Bonchev–Trinajstić information content (AvgIpc) is 2.70. The summed E-state index contributed by atoms with van der Waals surface area (Å²) in [7, 11) is 0. The van der Waals surface area contributed by atoms with Crippen LogP contribution in [-0.4, -0.2) is 19.5 Å². The SMILES string of the molecule is CCc1nc(C(C)C)c2ncn(C(C)C)c2n1. The highest BCUT2D eigenvalue weighted by atomic mass is 15.1. The van der Waals surface area contributed by atoms with Gasteiger partial charge in [-0.3, -0.25) is 0 Å². The Morgan fingerprint density at radius 2 is 1.88 bits per heavy atom. The van der Waals surface area contributed by atoms with Gasteiger partial charge in [-0.25, -0.2) is 15.0 Å². The van der Waals surface area contributed by atoms with Gasteiger partial charge in [0.2, 0.25) is 0 Å². The fourth-order valence-corrected chi connectivity index (χ4v) is 1.92. The monoisotopic (exact) mass is 232 g/mol. The summed E-state index contributed by atoms with van der Waals surface area (Å²) in [6.45, 7) is 10.7. The Bertz CT molecular complexity index is 525. The van der Waals surface area contributed by atoms with Crippen LogP contribution in [0.1, 0.15) is 58.1 Å². The summed E-state index contributed by atoms with van der Waals surface area (Å²) in [5.41, 5.74) is 2.98. The molecule has 2 aromatic rings. The first kappa shape index (κ1) is 12.0. The Hall–Kier alpha value is -1.45. The lowest BCUT2D eigenvalue weighted by Crippen LogP contribution is -2.05. The van der Waals surface area contributed by atoms with E-state index in [1.54, 1.807) is 0 Å². The second-order valence-electron chi connectivity index (χ2n) is 4.95. The predicted molar refractivity (Wildman–Crippen MR) is 69.2 cm³/mol. The van der Waals surface area contributed by atoms with Crippen molar-refractivity contribution in [1.82, 2.24) is 19.5 Å². The van der Waals surface area contributed by atoms with Crippen LogP contribution >= 0.6 is 0 Å². The molecule has 0 aliphatic rings. The number of rotatable bonds is 3. The van der Waals surface area contributed by atoms with Crippen molar-refractivity contribution in [2.24, 2.45) is 0 Å². The number of fused-ring (bicyclic) bond motifs is 1. The molecule has 0 aliphatic heterocycles. The molecule has 0 saturated heterocycles. The van der Waals surface area contributed by atoms with Crippen LogP contribution in [0.15, 0.2) is 6.33 Å². The van der Waals surface area contributed by atoms with Crippen LogP contribution in [0, 0.1) is 0 Å². The van der Waals surface area contributed by atoms with Gasteiger partial charge in [0.25, 0.3) is 0 Å². The number of imidazole rings is 1. The number of hydrogen-bond acceptors (Lipinski definition) is 3. The molecule has 0 unspecified atom stereocenters. The van der Waals surface area contributed by atoms with Gasteiger partial charge < -0.3 is 4.57 Å². The molecule has 4 nitrogen and oxygen atoms in total. The molecule has 0 N–H and O–H groups in total. The van der Waals surface area contributed by atoms with E-state index in [0.29, 0.717) is 12.0 Å². The third kappa shape index (κ3) is 2.04. The van der Waals surface area contributed by atoms with Crippen molar-refractivity contribution in [2.45, 2.75) is 53.0 Å². The smallest absolute Gasteiger partial charge is 0.164 e. The molecule has 2 aromatic heterocycles. The van der Waals surface area contributed by atoms with Crippen molar-refractivity contribution >= 4 is 11.2 Å². The van der Waals surface area contributed by atoms with Gasteiger partial charge in [0.1, 0.15) is 11.3 Å². The maximum atomic E-state index is 4.61. The van der Waals surface area contributed by atoms with Gasteiger partial charge in [0, 0.05) is 12.5 Å². The lowest BCUT2D eigenvalue weighted by atomic mass is 10.1. The Balaban J connectivity index is 2.74. The Kier molecular flexibility index (Phi) is 3.13. The van der Waals surface area contributed by atoms with Crippen molar-refractivity contribution in [1.29, 1.82) is 0 Å². The van der Waals surface area contributed by atoms with Gasteiger partial charge in [0.15, 0.2) is 5.65 Å². The van der Waals surface area contributed by atoms with E-state index in [-0.39, 0.29) is 0 Å². The zero-order valence-corrected chi connectivity index (χ0v) is 11.2. The molecule has 0 aliphatic carbocycles. The number of nitrogens with zero attached hydrogens (tertiary/aromatic N) is 4. The normalized spacial score (nSPS) is 11.9. The van der Waals surface area contributed by atoms with Gasteiger partial charge in [-0.2, -0.15) is 0 Å². The van der Waals surface area contributed by atoms with Gasteiger partial charge in [0.05, 0.1) is 12.0 Å². The molecule has 17 heavy (non-hydrogen) atoms. The summed E-state index contributed by atoms with van der Waals surface area (Å²) in [6.07, 6.45) is 2.73. The molecule has 0 radical (unpaired) electrons. The zero-order valence-electron chi connectivity index (χ0n) is 11.2. The highest BCUT2D eigenvalue weighted by molar-refractivity contribution is 5.74. The van der Waals surface area contributed by atoms with Gasteiger partial charge in [-0.15, -0.1) is 0 Å². The Morgan fingerprint density at radius 1 is 1.18 bits per heavy atom. The minimum atomic E-state index is 0.375. The number of aryl methyl sites for hydroxylation is 1. The molecule has 92 valence electrons. The van der Waals surface area contributed by atoms with E-state index in [1.807, 2.05) is 6.33 Å². The van der Waals surface area contributed by atoms with Crippen molar-refractivity contribution in [3.63, 3.8) is 0 Å². The van der Waals surface area contributed by atoms with Crippen molar-refractivity contribution in [3.05, 3.63) is 17.8 Å². The van der Waals surface area contributed by atoms with Gasteiger partial charge in [-0.1, -0.05) is 20.8 Å². The molecule has 0 bridgehead atoms. The average molecular weight is 232 g/mol. The first-order valence-electron chi connectivity index (χ1n) is 6.27. The molecule has 0 spiro atoms. The highest BCUT2D eigenvalue weighted by Gasteiger charge is 2.15. The first-order chi connectivity index (χ1) is 8.04. The quantitative estimate of drug-likeness (QED) is 0.816. The molecular formula is C13H20N4. The van der Waals surface area contributed by atoms with E-state index in [9.17, 15) is 0 Å². The summed E-state index contributed by atoms with van der Waals surface area (Å²) >= 11 is 0. The molecule has 0 fully saturated rings. The third-order valence-electron chi connectivity index (χ3n) is 2.91. The molecule has 2 heterocycles. The molecule has 0 saturated carbocycles. The van der Waals surface area contributed by atoms with E-state index in [4.69, 9.17) is 0 Å². The minimum absolute atomic E-state index is 0.375. The van der Waals surface area contributed by atoms with Crippen LogP contribution in [0.2, 0.25) is 0 Å². The summed E-state index contributed by atoms with van der Waals surface area (Å²) in [5.74, 6) is 1.28. The van der Waals surface area contributed by atoms with Crippen LogP contribution in [0.5, 0.6) is 0 Å². The van der Waals surface area contributed by atoms with Crippen LogP contribution in [-0.2, 0) is 6.42 Å². The lowest BCUT2D eigenvalue weighted by molar-refractivity contribution is 0.611. The van der Waals surface area contributed by atoms with E-state index >= 15 is 0 Å².